The molecule has 0 spiro atoms. The molecule has 0 heterocycles. The van der Waals surface area contributed by atoms with Gasteiger partial charge in [-0.3, -0.25) is 0 Å². The summed E-state index contributed by atoms with van der Waals surface area (Å²) in [4.78, 5) is 0. The van der Waals surface area contributed by atoms with E-state index in [1.807, 2.05) is 6.07 Å². The Kier molecular flexibility index (Phi) is 4.20. The maximum absolute atomic E-state index is 3.53. The van der Waals surface area contributed by atoms with Gasteiger partial charge in [0.25, 0.3) is 0 Å². The van der Waals surface area contributed by atoms with Crippen LogP contribution in [0.4, 0.5) is 11.4 Å². The molecule has 3 aromatic rings. The zero-order chi connectivity index (χ0) is 14.5. The van der Waals surface area contributed by atoms with E-state index in [0.717, 1.165) is 12.1 Å². The first kappa shape index (κ1) is 13.7. The summed E-state index contributed by atoms with van der Waals surface area (Å²) in [7, 11) is 0. The fraction of sp³-hybridized carbons (Fsp3) is 0.200. The van der Waals surface area contributed by atoms with Crippen LogP contribution in [-0.4, -0.2) is 0 Å². The van der Waals surface area contributed by atoms with Crippen LogP contribution in [0.3, 0.4) is 0 Å². The monoisotopic (exact) mass is 275 g/mol. The van der Waals surface area contributed by atoms with Crippen LogP contribution in [0, 0.1) is 0 Å². The second kappa shape index (κ2) is 6.45. The van der Waals surface area contributed by atoms with Crippen molar-refractivity contribution >= 4 is 22.1 Å². The van der Waals surface area contributed by atoms with E-state index in [4.69, 9.17) is 0 Å². The van der Waals surface area contributed by atoms with Crippen molar-refractivity contribution in [1.82, 2.24) is 0 Å². The van der Waals surface area contributed by atoms with Crippen LogP contribution in [-0.2, 0) is 6.42 Å². The van der Waals surface area contributed by atoms with Gasteiger partial charge in [-0.15, -0.1) is 0 Å². The zero-order valence-electron chi connectivity index (χ0n) is 12.5. The first-order valence-corrected chi connectivity index (χ1v) is 7.71. The van der Waals surface area contributed by atoms with Crippen LogP contribution >= 0.6 is 0 Å². The molecule has 3 rings (SSSR count). The van der Waals surface area contributed by atoms with E-state index in [1.165, 1.54) is 34.9 Å². The fourth-order valence-electron chi connectivity index (χ4n) is 2.73. The maximum atomic E-state index is 3.53. The second-order valence-electron chi connectivity index (χ2n) is 5.41. The molecule has 0 unspecified atom stereocenters. The molecule has 106 valence electrons. The summed E-state index contributed by atoms with van der Waals surface area (Å²) in [6, 6.07) is 23.5. The van der Waals surface area contributed by atoms with Crippen molar-refractivity contribution in [3.05, 3.63) is 72.3 Å². The summed E-state index contributed by atoms with van der Waals surface area (Å²) in [6.45, 7) is 2.24. The van der Waals surface area contributed by atoms with Gasteiger partial charge in [-0.2, -0.15) is 0 Å². The summed E-state index contributed by atoms with van der Waals surface area (Å²) in [5.41, 5.74) is 3.76. The highest BCUT2D eigenvalue weighted by molar-refractivity contribution is 5.97. The number of benzene rings is 3. The molecule has 1 N–H and O–H groups in total. The molecule has 1 nitrogen and oxygen atoms in total. The topological polar surface area (TPSA) is 12.0 Å². The summed E-state index contributed by atoms with van der Waals surface area (Å²) >= 11 is 0. The third-order valence-electron chi connectivity index (χ3n) is 3.87. The Labute approximate surface area is 126 Å². The summed E-state index contributed by atoms with van der Waals surface area (Å²) in [5, 5.41) is 6.20. The summed E-state index contributed by atoms with van der Waals surface area (Å²) in [6.07, 6.45) is 3.64. The number of hydrogen-bond acceptors (Lipinski definition) is 1. The highest BCUT2D eigenvalue weighted by Gasteiger charge is 2.05. The minimum absolute atomic E-state index is 1.13. The SMILES string of the molecule is CCCCc1ccc(Nc2ccccc2)c2ccccc12. The molecule has 0 fully saturated rings. The quantitative estimate of drug-likeness (QED) is 0.609. The van der Waals surface area contributed by atoms with E-state index in [-0.39, 0.29) is 0 Å². The third-order valence-corrected chi connectivity index (χ3v) is 3.87. The van der Waals surface area contributed by atoms with Gasteiger partial charge < -0.3 is 5.32 Å². The highest BCUT2D eigenvalue weighted by Crippen LogP contribution is 2.29. The number of para-hydroxylation sites is 1. The first-order valence-electron chi connectivity index (χ1n) is 7.71. The van der Waals surface area contributed by atoms with Gasteiger partial charge in [0, 0.05) is 16.8 Å². The lowest BCUT2D eigenvalue weighted by molar-refractivity contribution is 0.799. The van der Waals surface area contributed by atoms with Crippen molar-refractivity contribution in [2.45, 2.75) is 26.2 Å². The number of rotatable bonds is 5. The molecule has 0 aliphatic carbocycles. The van der Waals surface area contributed by atoms with Crippen LogP contribution in [0.5, 0.6) is 0 Å². The lowest BCUT2D eigenvalue weighted by Crippen LogP contribution is -1.94. The van der Waals surface area contributed by atoms with Crippen molar-refractivity contribution in [2.24, 2.45) is 0 Å². The Bertz CT molecular complexity index is 716. The molecule has 0 amide bonds. The molecule has 3 aromatic carbocycles. The number of fused-ring (bicyclic) bond motifs is 1. The van der Waals surface area contributed by atoms with Crippen molar-refractivity contribution < 1.29 is 0 Å². The normalized spacial score (nSPS) is 10.7. The van der Waals surface area contributed by atoms with Crippen molar-refractivity contribution in [3.63, 3.8) is 0 Å². The van der Waals surface area contributed by atoms with Gasteiger partial charge in [-0.1, -0.05) is 61.9 Å². The van der Waals surface area contributed by atoms with Gasteiger partial charge in [0.05, 0.1) is 0 Å². The number of hydrogen-bond donors (Lipinski definition) is 1. The average Bonchev–Trinajstić information content (AvgIpc) is 2.55. The van der Waals surface area contributed by atoms with Gasteiger partial charge in [0.2, 0.25) is 0 Å². The molecule has 0 aliphatic rings. The number of aryl methyl sites for hydroxylation is 1. The van der Waals surface area contributed by atoms with E-state index >= 15 is 0 Å². The van der Waals surface area contributed by atoms with Crippen LogP contribution in [0.15, 0.2) is 66.7 Å². The summed E-state index contributed by atoms with van der Waals surface area (Å²) < 4.78 is 0. The number of anilines is 2. The van der Waals surface area contributed by atoms with Crippen LogP contribution < -0.4 is 5.32 Å². The Hall–Kier alpha value is -2.28. The predicted octanol–water partition coefficient (Wildman–Crippen LogP) is 5.93. The molecule has 0 aliphatic heterocycles. The molecule has 1 heteroatoms. The van der Waals surface area contributed by atoms with Crippen molar-refractivity contribution in [1.29, 1.82) is 0 Å². The maximum Gasteiger partial charge on any atom is 0.0464 e. The third kappa shape index (κ3) is 3.08. The highest BCUT2D eigenvalue weighted by atomic mass is 14.9. The van der Waals surface area contributed by atoms with Crippen molar-refractivity contribution in [2.75, 3.05) is 5.32 Å². The smallest absolute Gasteiger partial charge is 0.0464 e. The average molecular weight is 275 g/mol. The van der Waals surface area contributed by atoms with Gasteiger partial charge >= 0.3 is 0 Å². The number of unbranched alkanes of at least 4 members (excludes halogenated alkanes) is 1. The molecule has 0 aromatic heterocycles. The fourth-order valence-corrected chi connectivity index (χ4v) is 2.73. The Morgan fingerprint density at radius 1 is 0.762 bits per heavy atom. The van der Waals surface area contributed by atoms with E-state index < -0.39 is 0 Å². The van der Waals surface area contributed by atoms with Crippen molar-refractivity contribution in [3.8, 4) is 0 Å². The molecular weight excluding hydrogens is 254 g/mol. The molecule has 0 saturated carbocycles. The Morgan fingerprint density at radius 3 is 2.24 bits per heavy atom. The van der Waals surface area contributed by atoms with Crippen LogP contribution in [0.25, 0.3) is 10.8 Å². The Balaban J connectivity index is 2.00. The molecule has 0 radical (unpaired) electrons. The lowest BCUT2D eigenvalue weighted by Gasteiger charge is -2.13. The second-order valence-corrected chi connectivity index (χ2v) is 5.41. The van der Waals surface area contributed by atoms with Crippen LogP contribution in [0.2, 0.25) is 0 Å². The molecular formula is C20H21N. The van der Waals surface area contributed by atoms with Gasteiger partial charge in [0.1, 0.15) is 0 Å². The van der Waals surface area contributed by atoms with E-state index in [9.17, 15) is 0 Å². The van der Waals surface area contributed by atoms with E-state index in [2.05, 4.69) is 72.9 Å². The molecule has 0 atom stereocenters. The van der Waals surface area contributed by atoms with Gasteiger partial charge in [-0.05, 0) is 42.0 Å². The van der Waals surface area contributed by atoms with Gasteiger partial charge in [0.15, 0.2) is 0 Å². The standard InChI is InChI=1S/C20H21N/c1-2-3-9-16-14-15-20(19-13-8-7-12-18(16)19)21-17-10-5-4-6-11-17/h4-8,10-15,21H,2-3,9H2,1H3. The number of nitrogens with one attached hydrogen (secondary N) is 1. The van der Waals surface area contributed by atoms with E-state index in [1.54, 1.807) is 0 Å². The van der Waals surface area contributed by atoms with Crippen LogP contribution in [0.1, 0.15) is 25.3 Å². The zero-order valence-corrected chi connectivity index (χ0v) is 12.5. The minimum Gasteiger partial charge on any atom is -0.355 e. The Morgan fingerprint density at radius 2 is 1.48 bits per heavy atom. The van der Waals surface area contributed by atoms with E-state index in [0.29, 0.717) is 0 Å². The minimum atomic E-state index is 1.13. The lowest BCUT2D eigenvalue weighted by atomic mass is 9.99. The summed E-state index contributed by atoms with van der Waals surface area (Å²) in [5.74, 6) is 0. The first-order chi connectivity index (χ1) is 10.4. The molecule has 0 bridgehead atoms. The van der Waals surface area contributed by atoms with Gasteiger partial charge in [-0.25, -0.2) is 0 Å². The predicted molar refractivity (Wildman–Crippen MR) is 92.3 cm³/mol. The molecule has 0 saturated heterocycles. The largest absolute Gasteiger partial charge is 0.355 e. The molecule has 21 heavy (non-hydrogen) atoms.